The van der Waals surface area contributed by atoms with Gasteiger partial charge in [0.2, 0.25) is 15.9 Å². The zero-order valence-corrected chi connectivity index (χ0v) is 14.8. The molecule has 0 N–H and O–H groups in total. The topological polar surface area (TPSA) is 66.9 Å². The molecule has 0 aliphatic carbocycles. The second-order valence-electron chi connectivity index (χ2n) is 6.24. The van der Waals surface area contributed by atoms with E-state index in [9.17, 15) is 13.2 Å². The molecule has 0 bridgehead atoms. The molecule has 0 aromatic heterocycles. The van der Waals surface area contributed by atoms with Gasteiger partial charge in [-0.15, -0.1) is 0 Å². The largest absolute Gasteiger partial charge is 0.488 e. The lowest BCUT2D eigenvalue weighted by Gasteiger charge is -2.30. The van der Waals surface area contributed by atoms with Crippen molar-refractivity contribution in [2.45, 2.75) is 19.4 Å². The Morgan fingerprint density at radius 2 is 2.00 bits per heavy atom. The van der Waals surface area contributed by atoms with Crippen molar-refractivity contribution in [1.82, 2.24) is 9.21 Å². The van der Waals surface area contributed by atoms with Crippen LogP contribution in [0.25, 0.3) is 0 Å². The first-order valence-corrected chi connectivity index (χ1v) is 9.43. The van der Waals surface area contributed by atoms with Crippen LogP contribution >= 0.6 is 0 Å². The fourth-order valence-electron chi connectivity index (χ4n) is 2.60. The number of nitrogens with zero attached hydrogens (tertiary/aromatic N) is 2. The molecule has 2 atom stereocenters. The Hall–Kier alpha value is -1.60. The standard InChI is InChI=1S/C16H24N2O4S/c1-12-10-17(2)16(19)9-13-7-5-6-8-14(13)22-15(12)11-18(3)23(4,20)21/h5-8,12,15H,9-11H2,1-4H3/t12-,15-/m1/s1. The van der Waals surface area contributed by atoms with Crippen molar-refractivity contribution >= 4 is 15.9 Å². The van der Waals surface area contributed by atoms with Crippen LogP contribution in [0.4, 0.5) is 0 Å². The first-order valence-electron chi connectivity index (χ1n) is 7.58. The second-order valence-corrected chi connectivity index (χ2v) is 8.33. The van der Waals surface area contributed by atoms with Gasteiger partial charge in [0.25, 0.3) is 0 Å². The molecule has 0 radical (unpaired) electrons. The summed E-state index contributed by atoms with van der Waals surface area (Å²) in [5, 5.41) is 0. The fraction of sp³-hybridized carbons (Fsp3) is 0.562. The number of fused-ring (bicyclic) bond motifs is 1. The van der Waals surface area contributed by atoms with E-state index in [0.717, 1.165) is 5.56 Å². The van der Waals surface area contributed by atoms with Gasteiger partial charge in [0.15, 0.2) is 0 Å². The Bertz CT molecular complexity index is 674. The molecule has 1 aromatic carbocycles. The number of hydrogen-bond donors (Lipinski definition) is 0. The highest BCUT2D eigenvalue weighted by molar-refractivity contribution is 7.88. The Balaban J connectivity index is 2.33. The summed E-state index contributed by atoms with van der Waals surface area (Å²) in [5.74, 6) is 0.680. The van der Waals surface area contributed by atoms with E-state index in [0.29, 0.717) is 12.3 Å². The van der Waals surface area contributed by atoms with E-state index in [-0.39, 0.29) is 30.9 Å². The predicted molar refractivity (Wildman–Crippen MR) is 88.8 cm³/mol. The van der Waals surface area contributed by atoms with E-state index in [1.807, 2.05) is 31.2 Å². The number of hydrogen-bond acceptors (Lipinski definition) is 4. The minimum Gasteiger partial charge on any atom is -0.488 e. The molecular weight excluding hydrogens is 316 g/mol. The van der Waals surface area contributed by atoms with Crippen molar-refractivity contribution in [3.63, 3.8) is 0 Å². The number of para-hydroxylation sites is 1. The maximum absolute atomic E-state index is 12.3. The maximum Gasteiger partial charge on any atom is 0.226 e. The fourth-order valence-corrected chi connectivity index (χ4v) is 3.02. The van der Waals surface area contributed by atoms with Crippen LogP contribution in [0.3, 0.4) is 0 Å². The van der Waals surface area contributed by atoms with E-state index in [4.69, 9.17) is 4.74 Å². The monoisotopic (exact) mass is 340 g/mol. The highest BCUT2D eigenvalue weighted by Gasteiger charge is 2.29. The van der Waals surface area contributed by atoms with Gasteiger partial charge in [-0.25, -0.2) is 12.7 Å². The summed E-state index contributed by atoms with van der Waals surface area (Å²) in [6, 6.07) is 7.42. The lowest BCUT2D eigenvalue weighted by atomic mass is 10.0. The normalized spacial score (nSPS) is 22.8. The smallest absolute Gasteiger partial charge is 0.226 e. The first kappa shape index (κ1) is 17.7. The summed E-state index contributed by atoms with van der Waals surface area (Å²) in [4.78, 5) is 14.0. The van der Waals surface area contributed by atoms with Crippen LogP contribution in [0, 0.1) is 5.92 Å². The number of carbonyl (C=O) groups is 1. The lowest BCUT2D eigenvalue weighted by molar-refractivity contribution is -0.129. The van der Waals surface area contributed by atoms with Crippen LogP contribution in [-0.2, 0) is 21.2 Å². The molecule has 7 heteroatoms. The predicted octanol–water partition coefficient (Wildman–Crippen LogP) is 0.976. The molecule has 0 spiro atoms. The average Bonchev–Trinajstić information content (AvgIpc) is 2.49. The Morgan fingerprint density at radius 3 is 2.65 bits per heavy atom. The van der Waals surface area contributed by atoms with Crippen molar-refractivity contribution in [3.8, 4) is 5.75 Å². The Morgan fingerprint density at radius 1 is 1.35 bits per heavy atom. The van der Waals surface area contributed by atoms with Crippen LogP contribution in [0.1, 0.15) is 12.5 Å². The van der Waals surface area contributed by atoms with Crippen LogP contribution in [0.5, 0.6) is 5.75 Å². The molecule has 1 aromatic rings. The summed E-state index contributed by atoms with van der Waals surface area (Å²) in [6.45, 7) is 2.74. The maximum atomic E-state index is 12.3. The lowest BCUT2D eigenvalue weighted by Crippen LogP contribution is -2.43. The van der Waals surface area contributed by atoms with Gasteiger partial charge in [-0.1, -0.05) is 25.1 Å². The van der Waals surface area contributed by atoms with Gasteiger partial charge in [0.05, 0.1) is 19.2 Å². The molecule has 1 amide bonds. The number of amides is 1. The molecule has 1 heterocycles. The van der Waals surface area contributed by atoms with Gasteiger partial charge >= 0.3 is 0 Å². The summed E-state index contributed by atoms with van der Waals surface area (Å²) in [6.07, 6.45) is 1.13. The zero-order valence-electron chi connectivity index (χ0n) is 14.0. The third-order valence-corrected chi connectivity index (χ3v) is 5.50. The zero-order chi connectivity index (χ0) is 17.2. The quantitative estimate of drug-likeness (QED) is 0.822. The number of sulfonamides is 1. The number of ether oxygens (including phenoxy) is 1. The molecule has 2 rings (SSSR count). The number of benzene rings is 1. The van der Waals surface area contributed by atoms with Crippen LogP contribution < -0.4 is 4.74 Å². The van der Waals surface area contributed by atoms with Gasteiger partial charge in [-0.2, -0.15) is 0 Å². The third-order valence-electron chi connectivity index (χ3n) is 4.22. The first-order chi connectivity index (χ1) is 10.7. The van der Waals surface area contributed by atoms with Crippen molar-refractivity contribution in [3.05, 3.63) is 29.8 Å². The molecule has 6 nitrogen and oxygen atoms in total. The molecule has 23 heavy (non-hydrogen) atoms. The molecule has 0 saturated heterocycles. The van der Waals surface area contributed by atoms with Gasteiger partial charge in [0, 0.05) is 32.1 Å². The summed E-state index contributed by atoms with van der Waals surface area (Å²) < 4.78 is 30.8. The molecule has 1 aliphatic rings. The van der Waals surface area contributed by atoms with Crippen LogP contribution in [0.15, 0.2) is 24.3 Å². The summed E-state index contributed by atoms with van der Waals surface area (Å²) in [7, 11) is 0.0238. The Kier molecular flexibility index (Phi) is 5.31. The SMILES string of the molecule is C[C@@H]1CN(C)C(=O)Cc2ccccc2O[C@@H]1CN(C)S(C)(=O)=O. The van der Waals surface area contributed by atoms with Crippen molar-refractivity contribution < 1.29 is 17.9 Å². The minimum atomic E-state index is -3.28. The summed E-state index contributed by atoms with van der Waals surface area (Å²) in [5.41, 5.74) is 0.824. The molecular formula is C16H24N2O4S. The number of likely N-dealkylation sites (N-methyl/N-ethyl adjacent to an activating group) is 2. The van der Waals surface area contributed by atoms with E-state index in [1.54, 1.807) is 19.0 Å². The van der Waals surface area contributed by atoms with E-state index >= 15 is 0 Å². The van der Waals surface area contributed by atoms with Crippen molar-refractivity contribution in [2.24, 2.45) is 5.92 Å². The van der Waals surface area contributed by atoms with Crippen molar-refractivity contribution in [2.75, 3.05) is 33.4 Å². The van der Waals surface area contributed by atoms with E-state index in [2.05, 4.69) is 0 Å². The number of carbonyl (C=O) groups excluding carboxylic acids is 1. The van der Waals surface area contributed by atoms with Crippen LogP contribution in [-0.4, -0.2) is 63.1 Å². The minimum absolute atomic E-state index is 0.000642. The van der Waals surface area contributed by atoms with Crippen molar-refractivity contribution in [1.29, 1.82) is 0 Å². The second kappa shape index (κ2) is 6.88. The molecule has 128 valence electrons. The molecule has 1 aliphatic heterocycles. The highest BCUT2D eigenvalue weighted by Crippen LogP contribution is 2.25. The molecule has 0 saturated carbocycles. The van der Waals surface area contributed by atoms with Gasteiger partial charge in [-0.3, -0.25) is 4.79 Å². The molecule has 0 unspecified atom stereocenters. The highest BCUT2D eigenvalue weighted by atomic mass is 32.2. The van der Waals surface area contributed by atoms with E-state index in [1.165, 1.54) is 10.6 Å². The van der Waals surface area contributed by atoms with E-state index < -0.39 is 10.0 Å². The summed E-state index contributed by atoms with van der Waals surface area (Å²) >= 11 is 0. The molecule has 0 fully saturated rings. The van der Waals surface area contributed by atoms with Gasteiger partial charge in [0.1, 0.15) is 11.9 Å². The van der Waals surface area contributed by atoms with Gasteiger partial charge in [-0.05, 0) is 6.07 Å². The number of rotatable bonds is 3. The van der Waals surface area contributed by atoms with Gasteiger partial charge < -0.3 is 9.64 Å². The van der Waals surface area contributed by atoms with Crippen LogP contribution in [0.2, 0.25) is 0 Å². The third kappa shape index (κ3) is 4.45. The average molecular weight is 340 g/mol. The Labute approximate surface area is 138 Å².